The Morgan fingerprint density at radius 3 is 1.29 bits per heavy atom. The van der Waals surface area contributed by atoms with Gasteiger partial charge in [-0.15, -0.1) is 0 Å². The molecule has 0 fully saturated rings. The van der Waals surface area contributed by atoms with Crippen LogP contribution in [0.4, 0.5) is 0 Å². The number of ketones is 2. The van der Waals surface area contributed by atoms with E-state index in [1.807, 2.05) is 0 Å². The number of carbonyl (C=O) groups excluding carboxylic acids is 4. The van der Waals surface area contributed by atoms with Crippen molar-refractivity contribution in [1.82, 2.24) is 0 Å². The second-order valence-corrected chi connectivity index (χ2v) is 6.35. The van der Waals surface area contributed by atoms with Gasteiger partial charge in [-0.05, 0) is 47.5 Å². The highest BCUT2D eigenvalue weighted by molar-refractivity contribution is 6.69. The fourth-order valence-corrected chi connectivity index (χ4v) is 3.63. The summed E-state index contributed by atoms with van der Waals surface area (Å²) in [6, 6.07) is 5.03. The molecule has 0 aromatic heterocycles. The molecule has 0 heterocycles. The second kappa shape index (κ2) is 5.97. The Bertz CT molecular complexity index is 899. The van der Waals surface area contributed by atoms with E-state index in [4.69, 9.17) is 46.4 Å². The van der Waals surface area contributed by atoms with Gasteiger partial charge in [0.25, 0.3) is 10.5 Å². The molecule has 0 unspecified atom stereocenters. The molecule has 0 amide bonds. The third-order valence-electron chi connectivity index (χ3n) is 3.65. The molecule has 1 aliphatic carbocycles. The minimum Gasteiger partial charge on any atom is -0.289 e. The number of halogens is 4. The van der Waals surface area contributed by atoms with E-state index < -0.39 is 22.1 Å². The maximum absolute atomic E-state index is 12.7. The number of hydrogen-bond acceptors (Lipinski definition) is 4. The van der Waals surface area contributed by atoms with Crippen molar-refractivity contribution in [2.75, 3.05) is 0 Å². The quantitative estimate of drug-likeness (QED) is 0.591. The predicted molar refractivity (Wildman–Crippen MR) is 90.1 cm³/mol. The summed E-state index contributed by atoms with van der Waals surface area (Å²) in [7, 11) is 0. The molecule has 0 N–H and O–H groups in total. The third kappa shape index (κ3) is 2.38. The van der Waals surface area contributed by atoms with Crippen LogP contribution in [0, 0.1) is 0 Å². The van der Waals surface area contributed by atoms with Gasteiger partial charge in [0.2, 0.25) is 0 Å². The SMILES string of the molecule is O=C(Cl)c1ccc2c(c1Cl)C(=O)c1ccc(C(=O)Cl)c(Cl)c1C2=O. The van der Waals surface area contributed by atoms with E-state index in [9.17, 15) is 19.2 Å². The summed E-state index contributed by atoms with van der Waals surface area (Å²) in [5.41, 5.74) is -0.468. The Kier molecular flexibility index (Phi) is 4.26. The van der Waals surface area contributed by atoms with E-state index in [0.29, 0.717) is 0 Å². The molecule has 8 heteroatoms. The van der Waals surface area contributed by atoms with Crippen LogP contribution in [0.25, 0.3) is 0 Å². The van der Waals surface area contributed by atoms with Gasteiger partial charge in [-0.1, -0.05) is 23.2 Å². The summed E-state index contributed by atoms with van der Waals surface area (Å²) >= 11 is 23.0. The number of benzene rings is 2. The Morgan fingerprint density at radius 2 is 1.00 bits per heavy atom. The number of hydrogen-bond donors (Lipinski definition) is 0. The highest BCUT2D eigenvalue weighted by Crippen LogP contribution is 2.38. The summed E-state index contributed by atoms with van der Waals surface area (Å²) in [4.78, 5) is 48.2. The van der Waals surface area contributed by atoms with Gasteiger partial charge < -0.3 is 0 Å². The lowest BCUT2D eigenvalue weighted by molar-refractivity contribution is 0.0978. The van der Waals surface area contributed by atoms with Crippen molar-refractivity contribution in [3.63, 3.8) is 0 Å². The number of fused-ring (bicyclic) bond motifs is 2. The Hall–Kier alpha value is -1.72. The molecule has 0 saturated carbocycles. The van der Waals surface area contributed by atoms with E-state index in [2.05, 4.69) is 0 Å². The van der Waals surface area contributed by atoms with Crippen LogP contribution in [-0.4, -0.2) is 22.1 Å². The zero-order valence-electron chi connectivity index (χ0n) is 11.5. The Labute approximate surface area is 155 Å². The van der Waals surface area contributed by atoms with Gasteiger partial charge in [0.15, 0.2) is 11.6 Å². The molecule has 3 rings (SSSR count). The first-order valence-corrected chi connectivity index (χ1v) is 7.91. The molecular formula is C16H4Cl4O4. The van der Waals surface area contributed by atoms with Crippen molar-refractivity contribution in [1.29, 1.82) is 0 Å². The lowest BCUT2D eigenvalue weighted by Gasteiger charge is -2.21. The summed E-state index contributed by atoms with van der Waals surface area (Å²) in [5.74, 6) is -1.19. The average Bonchev–Trinajstić information content (AvgIpc) is 2.51. The van der Waals surface area contributed by atoms with Crippen LogP contribution < -0.4 is 0 Å². The standard InChI is InChI=1S/C16H4Cl4O4/c17-11-7(15(19)23)3-1-5-9(11)14(22)6-2-4-8(16(20)24)12(18)10(6)13(5)21/h1-4H. The van der Waals surface area contributed by atoms with Gasteiger partial charge in [-0.2, -0.15) is 0 Å². The topological polar surface area (TPSA) is 68.3 Å². The lowest BCUT2D eigenvalue weighted by Crippen LogP contribution is -2.23. The van der Waals surface area contributed by atoms with Crippen LogP contribution in [0.2, 0.25) is 10.0 Å². The smallest absolute Gasteiger partial charge is 0.253 e. The van der Waals surface area contributed by atoms with Gasteiger partial charge in [-0.25, -0.2) is 0 Å². The van der Waals surface area contributed by atoms with Crippen molar-refractivity contribution in [2.24, 2.45) is 0 Å². The van der Waals surface area contributed by atoms with E-state index >= 15 is 0 Å². The molecule has 0 atom stereocenters. The van der Waals surface area contributed by atoms with Gasteiger partial charge in [0, 0.05) is 11.1 Å². The van der Waals surface area contributed by atoms with Gasteiger partial charge in [-0.3, -0.25) is 19.2 Å². The van der Waals surface area contributed by atoms with Crippen LogP contribution >= 0.6 is 46.4 Å². The summed E-state index contributed by atoms with van der Waals surface area (Å²) < 4.78 is 0. The monoisotopic (exact) mass is 400 g/mol. The van der Waals surface area contributed by atoms with Crippen molar-refractivity contribution in [3.05, 3.63) is 67.7 Å². The highest BCUT2D eigenvalue weighted by atomic mass is 35.5. The highest BCUT2D eigenvalue weighted by Gasteiger charge is 2.35. The molecule has 0 radical (unpaired) electrons. The first-order valence-electron chi connectivity index (χ1n) is 6.39. The molecule has 4 nitrogen and oxygen atoms in total. The van der Waals surface area contributed by atoms with Crippen molar-refractivity contribution in [3.8, 4) is 0 Å². The van der Waals surface area contributed by atoms with Crippen molar-refractivity contribution >= 4 is 68.5 Å². The number of carbonyl (C=O) groups is 4. The fraction of sp³-hybridized carbons (Fsp3) is 0. The van der Waals surface area contributed by atoms with Crippen LogP contribution in [-0.2, 0) is 0 Å². The van der Waals surface area contributed by atoms with Crippen LogP contribution in [0.1, 0.15) is 52.6 Å². The Morgan fingerprint density at radius 1 is 0.667 bits per heavy atom. The molecule has 0 spiro atoms. The molecule has 2 aromatic rings. The minimum atomic E-state index is -0.852. The second-order valence-electron chi connectivity index (χ2n) is 4.90. The van der Waals surface area contributed by atoms with Crippen LogP contribution in [0.15, 0.2) is 24.3 Å². The third-order valence-corrected chi connectivity index (χ3v) is 4.84. The Balaban J connectivity index is 2.34. The molecule has 24 heavy (non-hydrogen) atoms. The molecule has 2 aromatic carbocycles. The van der Waals surface area contributed by atoms with E-state index in [-0.39, 0.29) is 43.4 Å². The van der Waals surface area contributed by atoms with Gasteiger partial charge in [0.1, 0.15) is 0 Å². The average molecular weight is 402 g/mol. The molecule has 0 saturated heterocycles. The molecular weight excluding hydrogens is 398 g/mol. The van der Waals surface area contributed by atoms with Gasteiger partial charge in [0.05, 0.1) is 32.3 Å². The van der Waals surface area contributed by atoms with Crippen molar-refractivity contribution < 1.29 is 19.2 Å². The molecule has 0 aliphatic heterocycles. The zero-order chi connectivity index (χ0) is 17.8. The summed E-state index contributed by atoms with van der Waals surface area (Å²) in [5, 5.41) is -2.11. The molecule has 120 valence electrons. The van der Waals surface area contributed by atoms with Crippen molar-refractivity contribution in [2.45, 2.75) is 0 Å². The maximum atomic E-state index is 12.7. The first-order chi connectivity index (χ1) is 11.3. The van der Waals surface area contributed by atoms with Crippen LogP contribution in [0.5, 0.6) is 0 Å². The van der Waals surface area contributed by atoms with E-state index in [1.165, 1.54) is 24.3 Å². The lowest BCUT2D eigenvalue weighted by atomic mass is 9.82. The van der Waals surface area contributed by atoms with E-state index in [1.54, 1.807) is 0 Å². The summed E-state index contributed by atoms with van der Waals surface area (Å²) in [6.45, 7) is 0. The predicted octanol–water partition coefficient (Wildman–Crippen LogP) is 4.53. The normalized spacial score (nSPS) is 12.7. The first kappa shape index (κ1) is 17.1. The number of rotatable bonds is 2. The van der Waals surface area contributed by atoms with Crippen LogP contribution in [0.3, 0.4) is 0 Å². The van der Waals surface area contributed by atoms with Gasteiger partial charge >= 0.3 is 0 Å². The zero-order valence-corrected chi connectivity index (χ0v) is 14.5. The van der Waals surface area contributed by atoms with E-state index in [0.717, 1.165) is 0 Å². The fourth-order valence-electron chi connectivity index (χ4n) is 2.55. The molecule has 0 bridgehead atoms. The molecule has 1 aliphatic rings. The summed E-state index contributed by atoms with van der Waals surface area (Å²) in [6.07, 6.45) is 0. The maximum Gasteiger partial charge on any atom is 0.253 e. The minimum absolute atomic E-state index is 0.0276. The largest absolute Gasteiger partial charge is 0.289 e.